The second-order valence-electron chi connectivity index (χ2n) is 7.43. The second-order valence-corrected chi connectivity index (χ2v) is 7.43. The molecule has 14 N–H and O–H groups in total. The van der Waals surface area contributed by atoms with Gasteiger partial charge in [-0.05, 0) is 0 Å². The Morgan fingerprint density at radius 3 is 0.488 bits per heavy atom. The fourth-order valence-electron chi connectivity index (χ4n) is 2.14. The van der Waals surface area contributed by atoms with Crippen LogP contribution in [0.5, 0.6) is 0 Å². The number of hydrogen-bond acceptors (Lipinski definition) is 12. The van der Waals surface area contributed by atoms with Gasteiger partial charge in [-0.2, -0.15) is 0 Å². The minimum atomic E-state index is -2.74. The molecule has 0 rings (SSSR count). The van der Waals surface area contributed by atoms with Crippen LogP contribution in [-0.4, -0.2) is 137 Å². The first kappa shape index (κ1) is 46.4. The molecule has 0 heterocycles. The smallest absolute Gasteiger partial charge is 0.336 e. The Bertz CT molecular complexity index is 813. The van der Waals surface area contributed by atoms with Gasteiger partial charge in [-0.25, -0.2) is 14.4 Å². The maximum absolute atomic E-state index is 10.3. The summed E-state index contributed by atoms with van der Waals surface area (Å²) in [5.74, 6) is -15.1. The molecule has 22 nitrogen and oxygen atoms in total. The van der Waals surface area contributed by atoms with Gasteiger partial charge in [-0.1, -0.05) is 0 Å². The van der Waals surface area contributed by atoms with Crippen molar-refractivity contribution in [1.82, 2.24) is 0 Å². The summed E-state index contributed by atoms with van der Waals surface area (Å²) in [6.07, 6.45) is -6.87. The molecule has 0 aromatic heterocycles. The number of rotatable bonds is 15. The Kier molecular flexibility index (Phi) is 22.2. The fraction of sp³-hybridized carbons (Fsp3) is 0.500. The molecule has 238 valence electrons. The van der Waals surface area contributed by atoms with E-state index < -0.39 is 109 Å². The molecule has 0 unspecified atom stereocenters. The molecule has 0 atom stereocenters. The largest absolute Gasteiger partial charge is 0.481 e. The SMILES string of the molecule is O.O=C(O)CC(O)(CC(=O)O)C(=O)O.O=C(O)CC(O)(CC(=O)O)C(=O)O.O=C(O)CC(O)(CC(=O)O)C(=O)O.[Fe]. The molecule has 0 fully saturated rings. The quantitative estimate of drug-likeness (QED) is 0.0742. The van der Waals surface area contributed by atoms with E-state index in [1.165, 1.54) is 0 Å². The molecule has 0 spiro atoms. The zero-order valence-corrected chi connectivity index (χ0v) is 21.2. The first-order valence-corrected chi connectivity index (χ1v) is 9.51. The van der Waals surface area contributed by atoms with E-state index in [-0.39, 0.29) is 22.5 Å². The van der Waals surface area contributed by atoms with Crippen LogP contribution in [0.3, 0.4) is 0 Å². The number of carboxylic acids is 9. The zero-order chi connectivity index (χ0) is 31.9. The van der Waals surface area contributed by atoms with Crippen molar-refractivity contribution in [3.8, 4) is 0 Å². The molecular weight excluding hydrogens is 624 g/mol. The van der Waals surface area contributed by atoms with Crippen LogP contribution in [0, 0.1) is 0 Å². The molecule has 0 saturated heterocycles. The number of carboxylic acid groups (broad SMARTS) is 9. The Balaban J connectivity index is -0.000000154. The van der Waals surface area contributed by atoms with Gasteiger partial charge in [0, 0.05) is 17.1 Å². The summed E-state index contributed by atoms with van der Waals surface area (Å²) in [6, 6.07) is 0. The summed E-state index contributed by atoms with van der Waals surface area (Å²) in [5, 5.41) is 101. The molecule has 0 aliphatic carbocycles. The van der Waals surface area contributed by atoms with Crippen molar-refractivity contribution < 1.29 is 127 Å². The third kappa shape index (κ3) is 21.1. The Morgan fingerprint density at radius 1 is 0.341 bits per heavy atom. The minimum absolute atomic E-state index is 0. The van der Waals surface area contributed by atoms with Crippen molar-refractivity contribution in [2.75, 3.05) is 0 Å². The van der Waals surface area contributed by atoms with E-state index >= 15 is 0 Å². The summed E-state index contributed by atoms with van der Waals surface area (Å²) >= 11 is 0. The molecule has 0 saturated carbocycles. The number of hydrogen-bond donors (Lipinski definition) is 12. The number of aliphatic carboxylic acids is 9. The van der Waals surface area contributed by atoms with E-state index in [0.29, 0.717) is 0 Å². The Morgan fingerprint density at radius 2 is 0.439 bits per heavy atom. The van der Waals surface area contributed by atoms with Gasteiger partial charge in [0.1, 0.15) is 0 Å². The molecule has 41 heavy (non-hydrogen) atoms. The predicted octanol–water partition coefficient (Wildman–Crippen LogP) is -4.57. The average Bonchev–Trinajstić information content (AvgIpc) is 2.64. The minimum Gasteiger partial charge on any atom is -0.481 e. The fourth-order valence-corrected chi connectivity index (χ4v) is 2.14. The van der Waals surface area contributed by atoms with Crippen LogP contribution in [0.15, 0.2) is 0 Å². The predicted molar refractivity (Wildman–Crippen MR) is 115 cm³/mol. The van der Waals surface area contributed by atoms with E-state index in [4.69, 9.17) is 61.3 Å². The van der Waals surface area contributed by atoms with Crippen molar-refractivity contribution in [3.05, 3.63) is 0 Å². The zero-order valence-electron chi connectivity index (χ0n) is 20.1. The van der Waals surface area contributed by atoms with Crippen molar-refractivity contribution >= 4 is 53.7 Å². The Hall–Kier alpha value is -4.41. The van der Waals surface area contributed by atoms with Crippen LogP contribution in [0.25, 0.3) is 0 Å². The average molecular weight is 650 g/mol. The van der Waals surface area contributed by atoms with Crippen LogP contribution in [0.2, 0.25) is 0 Å². The third-order valence-electron chi connectivity index (χ3n) is 3.86. The van der Waals surface area contributed by atoms with Gasteiger partial charge >= 0.3 is 53.7 Å². The molecular formula is C18H26FeO22. The summed E-state index contributed by atoms with van der Waals surface area (Å²) in [7, 11) is 0. The Labute approximate surface area is 236 Å². The normalized spacial score (nSPS) is 10.3. The molecule has 0 aliphatic rings. The van der Waals surface area contributed by atoms with E-state index in [1.807, 2.05) is 0 Å². The van der Waals surface area contributed by atoms with Gasteiger partial charge < -0.3 is 66.8 Å². The van der Waals surface area contributed by atoms with Crippen LogP contribution in [0.4, 0.5) is 0 Å². The van der Waals surface area contributed by atoms with E-state index in [9.17, 15) is 43.2 Å². The van der Waals surface area contributed by atoms with E-state index in [0.717, 1.165) is 0 Å². The maximum atomic E-state index is 10.3. The standard InChI is InChI=1S/3C6H8O7.Fe.H2O/c3*7-3(8)1-6(13,5(11)12)2-4(9)10;;/h3*13H,1-2H2,(H,7,8)(H,9,10)(H,11,12);;1H2. The van der Waals surface area contributed by atoms with Crippen LogP contribution < -0.4 is 0 Å². The monoisotopic (exact) mass is 650 g/mol. The van der Waals surface area contributed by atoms with Gasteiger partial charge in [-0.3, -0.25) is 28.8 Å². The number of carbonyl (C=O) groups is 9. The second kappa shape index (κ2) is 19.6. The summed E-state index contributed by atoms with van der Waals surface area (Å²) in [6.45, 7) is 0. The first-order valence-electron chi connectivity index (χ1n) is 9.51. The maximum Gasteiger partial charge on any atom is 0.336 e. The molecule has 0 amide bonds. The van der Waals surface area contributed by atoms with Crippen LogP contribution in [0.1, 0.15) is 38.5 Å². The van der Waals surface area contributed by atoms with Gasteiger partial charge in [0.15, 0.2) is 16.8 Å². The summed E-state index contributed by atoms with van der Waals surface area (Å²) < 4.78 is 0. The topological polar surface area (TPSA) is 428 Å². The molecule has 0 aromatic rings. The van der Waals surface area contributed by atoms with Crippen LogP contribution >= 0.6 is 0 Å². The molecule has 23 heteroatoms. The van der Waals surface area contributed by atoms with E-state index in [2.05, 4.69) is 0 Å². The molecule has 0 radical (unpaired) electrons. The molecule has 0 bridgehead atoms. The van der Waals surface area contributed by atoms with Gasteiger partial charge in [-0.15, -0.1) is 0 Å². The summed E-state index contributed by atoms with van der Waals surface area (Å²) in [4.78, 5) is 91.5. The molecule has 0 aliphatic heterocycles. The molecule has 0 aromatic carbocycles. The van der Waals surface area contributed by atoms with Crippen molar-refractivity contribution in [2.45, 2.75) is 55.3 Å². The van der Waals surface area contributed by atoms with Gasteiger partial charge in [0.2, 0.25) is 0 Å². The first-order chi connectivity index (χ1) is 17.3. The van der Waals surface area contributed by atoms with Crippen molar-refractivity contribution in [2.24, 2.45) is 0 Å². The third-order valence-corrected chi connectivity index (χ3v) is 3.86. The van der Waals surface area contributed by atoms with Gasteiger partial charge in [0.25, 0.3) is 0 Å². The number of aliphatic hydroxyl groups is 3. The van der Waals surface area contributed by atoms with E-state index in [1.54, 1.807) is 0 Å². The summed E-state index contributed by atoms with van der Waals surface area (Å²) in [5.41, 5.74) is -8.22. The van der Waals surface area contributed by atoms with Crippen molar-refractivity contribution in [3.63, 3.8) is 0 Å². The van der Waals surface area contributed by atoms with Crippen LogP contribution in [-0.2, 0) is 60.2 Å². The van der Waals surface area contributed by atoms with Crippen molar-refractivity contribution in [1.29, 1.82) is 0 Å². The van der Waals surface area contributed by atoms with Gasteiger partial charge in [0.05, 0.1) is 38.5 Å².